The number of rotatable bonds is 3. The van der Waals surface area contributed by atoms with Crippen molar-refractivity contribution in [3.63, 3.8) is 0 Å². The van der Waals surface area contributed by atoms with Crippen LogP contribution in [-0.4, -0.2) is 40.5 Å². The summed E-state index contributed by atoms with van der Waals surface area (Å²) in [6.07, 6.45) is 1.15. The predicted octanol–water partition coefficient (Wildman–Crippen LogP) is 1.91. The van der Waals surface area contributed by atoms with Crippen molar-refractivity contribution in [1.82, 2.24) is 15.2 Å². The molecular weight excluding hydrogens is 288 g/mol. The molecule has 1 aliphatic rings. The molecule has 0 aromatic carbocycles. The number of carbonyl (C=O) groups excluding carboxylic acids is 1. The standard InChI is InChI=1S/C11H13ClN4O2S/c1-13-11(17)18-15-10-16(4-5-19-10)7-8-2-3-9(12)14-6-8/h2-3,6H,4-5,7H2,1H3,(H,13,17). The van der Waals surface area contributed by atoms with Gasteiger partial charge in [0.2, 0.25) is 5.17 Å². The number of halogens is 1. The highest BCUT2D eigenvalue weighted by Crippen LogP contribution is 2.20. The first kappa shape index (κ1) is 14.0. The first-order valence-corrected chi connectivity index (χ1v) is 7.00. The number of pyridine rings is 1. The van der Waals surface area contributed by atoms with E-state index >= 15 is 0 Å². The summed E-state index contributed by atoms with van der Waals surface area (Å²) in [6, 6.07) is 3.66. The number of aromatic nitrogens is 1. The van der Waals surface area contributed by atoms with E-state index in [-0.39, 0.29) is 0 Å². The topological polar surface area (TPSA) is 66.8 Å². The quantitative estimate of drug-likeness (QED) is 0.525. The summed E-state index contributed by atoms with van der Waals surface area (Å²) in [5, 5.41) is 7.34. The van der Waals surface area contributed by atoms with Gasteiger partial charge < -0.3 is 10.2 Å². The molecular formula is C11H13ClN4O2S. The van der Waals surface area contributed by atoms with E-state index in [1.165, 1.54) is 7.05 Å². The Morgan fingerprint density at radius 3 is 3.21 bits per heavy atom. The number of nitrogens with one attached hydrogen (secondary N) is 1. The van der Waals surface area contributed by atoms with Gasteiger partial charge in [-0.1, -0.05) is 29.4 Å². The van der Waals surface area contributed by atoms with Crippen molar-refractivity contribution in [2.24, 2.45) is 5.16 Å². The van der Waals surface area contributed by atoms with Gasteiger partial charge in [-0.15, -0.1) is 0 Å². The fourth-order valence-electron chi connectivity index (χ4n) is 1.51. The van der Waals surface area contributed by atoms with Crippen LogP contribution in [0.3, 0.4) is 0 Å². The van der Waals surface area contributed by atoms with Crippen LogP contribution in [0.25, 0.3) is 0 Å². The van der Waals surface area contributed by atoms with E-state index in [1.807, 2.05) is 11.0 Å². The molecule has 1 N–H and O–H groups in total. The fraction of sp³-hybridized carbons (Fsp3) is 0.364. The Morgan fingerprint density at radius 2 is 2.53 bits per heavy atom. The Bertz CT molecular complexity index is 480. The third kappa shape index (κ3) is 4.00. The van der Waals surface area contributed by atoms with Gasteiger partial charge in [0.05, 0.1) is 0 Å². The van der Waals surface area contributed by atoms with Gasteiger partial charge in [0.1, 0.15) is 5.15 Å². The van der Waals surface area contributed by atoms with E-state index in [1.54, 1.807) is 24.0 Å². The first-order chi connectivity index (χ1) is 9.19. The van der Waals surface area contributed by atoms with Gasteiger partial charge in [0, 0.05) is 32.1 Å². The van der Waals surface area contributed by atoms with Crippen LogP contribution >= 0.6 is 23.4 Å². The zero-order valence-corrected chi connectivity index (χ0v) is 11.9. The van der Waals surface area contributed by atoms with E-state index in [0.717, 1.165) is 17.9 Å². The predicted molar refractivity (Wildman–Crippen MR) is 75.1 cm³/mol. The Kier molecular flexibility index (Phi) is 4.86. The molecule has 1 aromatic heterocycles. The van der Waals surface area contributed by atoms with Gasteiger partial charge in [-0.25, -0.2) is 9.78 Å². The highest BCUT2D eigenvalue weighted by Gasteiger charge is 2.21. The Morgan fingerprint density at radius 1 is 1.68 bits per heavy atom. The van der Waals surface area contributed by atoms with Crippen LogP contribution in [0.1, 0.15) is 5.56 Å². The monoisotopic (exact) mass is 300 g/mol. The second-order valence-corrected chi connectivity index (χ2v) is 5.21. The summed E-state index contributed by atoms with van der Waals surface area (Å²) in [5.74, 6) is 0.914. The van der Waals surface area contributed by atoms with Crippen LogP contribution in [0.15, 0.2) is 23.5 Å². The normalized spacial score (nSPS) is 16.7. The lowest BCUT2D eigenvalue weighted by Gasteiger charge is -2.16. The van der Waals surface area contributed by atoms with Gasteiger partial charge in [0.25, 0.3) is 0 Å². The van der Waals surface area contributed by atoms with Crippen LogP contribution in [-0.2, 0) is 11.4 Å². The van der Waals surface area contributed by atoms with Gasteiger partial charge in [0.15, 0.2) is 0 Å². The zero-order valence-electron chi connectivity index (χ0n) is 10.3. The van der Waals surface area contributed by atoms with Gasteiger partial charge >= 0.3 is 6.09 Å². The van der Waals surface area contributed by atoms with Crippen LogP contribution in [0.4, 0.5) is 4.79 Å². The van der Waals surface area contributed by atoms with Crippen molar-refractivity contribution in [3.8, 4) is 0 Å². The van der Waals surface area contributed by atoms with Crippen molar-refractivity contribution < 1.29 is 9.63 Å². The molecule has 0 unspecified atom stereocenters. The molecule has 0 atom stereocenters. The highest BCUT2D eigenvalue weighted by molar-refractivity contribution is 8.14. The van der Waals surface area contributed by atoms with E-state index in [9.17, 15) is 4.79 Å². The molecule has 0 bridgehead atoms. The fourth-order valence-corrected chi connectivity index (χ4v) is 2.55. The van der Waals surface area contributed by atoms with Gasteiger partial charge in [-0.2, -0.15) is 0 Å². The molecule has 102 valence electrons. The van der Waals surface area contributed by atoms with E-state index in [0.29, 0.717) is 16.9 Å². The minimum Gasteiger partial charge on any atom is -0.343 e. The summed E-state index contributed by atoms with van der Waals surface area (Å²) in [4.78, 5) is 21.7. The molecule has 1 saturated heterocycles. The molecule has 8 heteroatoms. The average molecular weight is 301 g/mol. The van der Waals surface area contributed by atoms with Crippen LogP contribution in [0.5, 0.6) is 0 Å². The maximum atomic E-state index is 11.0. The molecule has 2 heterocycles. The number of hydrogen-bond donors (Lipinski definition) is 1. The Balaban J connectivity index is 1.98. The van der Waals surface area contributed by atoms with E-state index in [4.69, 9.17) is 16.4 Å². The molecule has 1 fully saturated rings. The molecule has 1 amide bonds. The number of nitrogens with zero attached hydrogens (tertiary/aromatic N) is 3. The van der Waals surface area contributed by atoms with Crippen molar-refractivity contribution in [3.05, 3.63) is 29.0 Å². The third-order valence-electron chi connectivity index (χ3n) is 2.44. The summed E-state index contributed by atoms with van der Waals surface area (Å²) in [5.41, 5.74) is 1.03. The molecule has 0 radical (unpaired) electrons. The number of amidine groups is 1. The Labute approximate surface area is 120 Å². The number of carbonyl (C=O) groups is 1. The molecule has 0 saturated carbocycles. The van der Waals surface area contributed by atoms with Crippen LogP contribution < -0.4 is 5.32 Å². The number of hydrogen-bond acceptors (Lipinski definition) is 5. The van der Waals surface area contributed by atoms with Crippen molar-refractivity contribution in [2.45, 2.75) is 6.54 Å². The van der Waals surface area contributed by atoms with Gasteiger partial charge in [-0.3, -0.25) is 4.84 Å². The lowest BCUT2D eigenvalue weighted by molar-refractivity contribution is 0.151. The number of thioether (sulfide) groups is 1. The summed E-state index contributed by atoms with van der Waals surface area (Å²) in [7, 11) is 1.49. The lowest BCUT2D eigenvalue weighted by Crippen LogP contribution is -2.25. The van der Waals surface area contributed by atoms with Gasteiger partial charge in [-0.05, 0) is 16.8 Å². The summed E-state index contributed by atoms with van der Waals surface area (Å²) in [6.45, 7) is 1.51. The van der Waals surface area contributed by atoms with Crippen molar-refractivity contribution in [1.29, 1.82) is 0 Å². The average Bonchev–Trinajstić information content (AvgIpc) is 2.86. The van der Waals surface area contributed by atoms with Crippen molar-refractivity contribution in [2.75, 3.05) is 19.3 Å². The molecule has 19 heavy (non-hydrogen) atoms. The maximum absolute atomic E-state index is 11.0. The minimum absolute atomic E-state index is 0.469. The highest BCUT2D eigenvalue weighted by atomic mass is 35.5. The second-order valence-electron chi connectivity index (χ2n) is 3.76. The molecule has 1 aromatic rings. The maximum Gasteiger partial charge on any atom is 0.433 e. The molecule has 1 aliphatic heterocycles. The largest absolute Gasteiger partial charge is 0.433 e. The number of amides is 1. The van der Waals surface area contributed by atoms with E-state index in [2.05, 4.69) is 15.5 Å². The van der Waals surface area contributed by atoms with Crippen LogP contribution in [0, 0.1) is 0 Å². The number of oxime groups is 1. The molecule has 2 rings (SSSR count). The minimum atomic E-state index is -0.576. The zero-order chi connectivity index (χ0) is 13.7. The molecule has 6 nitrogen and oxygen atoms in total. The SMILES string of the molecule is CNC(=O)ON=C1SCCN1Cc1ccc(Cl)nc1. The first-order valence-electron chi connectivity index (χ1n) is 5.64. The van der Waals surface area contributed by atoms with Crippen LogP contribution in [0.2, 0.25) is 5.15 Å². The van der Waals surface area contributed by atoms with Crippen molar-refractivity contribution >= 4 is 34.6 Å². The second kappa shape index (κ2) is 6.63. The summed E-state index contributed by atoms with van der Waals surface area (Å²) >= 11 is 7.29. The molecule has 0 aliphatic carbocycles. The third-order valence-corrected chi connectivity index (χ3v) is 3.64. The summed E-state index contributed by atoms with van der Waals surface area (Å²) < 4.78 is 0. The lowest BCUT2D eigenvalue weighted by atomic mass is 10.3. The molecule has 0 spiro atoms. The smallest absolute Gasteiger partial charge is 0.343 e. The van der Waals surface area contributed by atoms with E-state index < -0.39 is 6.09 Å². The Hall–Kier alpha value is -1.47.